The van der Waals surface area contributed by atoms with Gasteiger partial charge in [-0.2, -0.15) is 0 Å². The smallest absolute Gasteiger partial charge is 0.271 e. The molecule has 2 N–H and O–H groups in total. The van der Waals surface area contributed by atoms with Crippen LogP contribution in [0.25, 0.3) is 0 Å². The van der Waals surface area contributed by atoms with Crippen LogP contribution in [0, 0.1) is 0 Å². The molecule has 1 fully saturated rings. The highest BCUT2D eigenvalue weighted by molar-refractivity contribution is 6.33. The largest absolute Gasteiger partial charge is 0.396 e. The normalized spacial score (nSPS) is 16.2. The maximum absolute atomic E-state index is 12.1. The van der Waals surface area contributed by atoms with E-state index in [-0.39, 0.29) is 29.3 Å². The number of nitrogens with one attached hydrogen (secondary N) is 1. The number of halogens is 1. The summed E-state index contributed by atoms with van der Waals surface area (Å²) in [6.07, 6.45) is 4.18. The number of carbonyl (C=O) groups excluding carboxylic acids is 1. The first-order valence-corrected chi connectivity index (χ1v) is 7.19. The second-order valence-corrected chi connectivity index (χ2v) is 5.35. The van der Waals surface area contributed by atoms with Crippen molar-refractivity contribution in [3.05, 3.63) is 16.9 Å². The zero-order valence-electron chi connectivity index (χ0n) is 11.5. The maximum Gasteiger partial charge on any atom is 0.271 e. The van der Waals surface area contributed by atoms with Gasteiger partial charge >= 0.3 is 0 Å². The van der Waals surface area contributed by atoms with Crippen molar-refractivity contribution < 1.29 is 9.90 Å². The summed E-state index contributed by atoms with van der Waals surface area (Å²) in [4.78, 5) is 22.6. The van der Waals surface area contributed by atoms with Crippen molar-refractivity contribution in [3.63, 3.8) is 0 Å². The molecular formula is C13H19ClN4O2. The lowest BCUT2D eigenvalue weighted by Gasteiger charge is -2.17. The monoisotopic (exact) mass is 298 g/mol. The number of carbonyl (C=O) groups is 1. The second-order valence-electron chi connectivity index (χ2n) is 4.95. The standard InChI is InChI=1S/C13H19ClN4O2/c1-9(4-7-19)16-12(20)11-10(14)8-15-13(17-11)18-5-2-3-6-18/h8-9,19H,2-7H2,1H3,(H,16,20). The number of aromatic nitrogens is 2. The molecule has 1 atom stereocenters. The van der Waals surface area contributed by atoms with Crippen LogP contribution in [-0.2, 0) is 0 Å². The van der Waals surface area contributed by atoms with E-state index in [9.17, 15) is 4.79 Å². The first kappa shape index (κ1) is 15.0. The van der Waals surface area contributed by atoms with Gasteiger partial charge in [0.25, 0.3) is 5.91 Å². The molecule has 20 heavy (non-hydrogen) atoms. The fourth-order valence-corrected chi connectivity index (χ4v) is 2.32. The Morgan fingerprint density at radius 2 is 2.25 bits per heavy atom. The number of nitrogens with zero attached hydrogens (tertiary/aromatic N) is 3. The maximum atomic E-state index is 12.1. The molecule has 0 aromatic carbocycles. The van der Waals surface area contributed by atoms with Gasteiger partial charge in [0.1, 0.15) is 0 Å². The molecule has 1 aliphatic heterocycles. The van der Waals surface area contributed by atoms with Crippen LogP contribution in [0.1, 0.15) is 36.7 Å². The van der Waals surface area contributed by atoms with Crippen molar-refractivity contribution in [2.24, 2.45) is 0 Å². The Balaban J connectivity index is 2.13. The molecule has 110 valence electrons. The minimum absolute atomic E-state index is 0.0258. The lowest BCUT2D eigenvalue weighted by atomic mass is 10.2. The van der Waals surface area contributed by atoms with Gasteiger partial charge in [0.05, 0.1) is 11.2 Å². The molecule has 0 aliphatic carbocycles. The lowest BCUT2D eigenvalue weighted by Crippen LogP contribution is -2.34. The van der Waals surface area contributed by atoms with Crippen molar-refractivity contribution in [2.45, 2.75) is 32.2 Å². The topological polar surface area (TPSA) is 78.3 Å². The number of rotatable bonds is 5. The fraction of sp³-hybridized carbons (Fsp3) is 0.615. The fourth-order valence-electron chi connectivity index (χ4n) is 2.14. The molecule has 1 amide bonds. The third-order valence-corrected chi connectivity index (χ3v) is 3.55. The number of amides is 1. The van der Waals surface area contributed by atoms with Crippen LogP contribution in [0.5, 0.6) is 0 Å². The van der Waals surface area contributed by atoms with E-state index in [1.807, 2.05) is 11.8 Å². The first-order chi connectivity index (χ1) is 9.61. The average Bonchev–Trinajstić information content (AvgIpc) is 2.93. The molecule has 6 nitrogen and oxygen atoms in total. The summed E-state index contributed by atoms with van der Waals surface area (Å²) < 4.78 is 0. The van der Waals surface area contributed by atoms with Crippen molar-refractivity contribution in [1.82, 2.24) is 15.3 Å². The minimum Gasteiger partial charge on any atom is -0.396 e. The van der Waals surface area contributed by atoms with Crippen molar-refractivity contribution in [3.8, 4) is 0 Å². The third kappa shape index (κ3) is 3.58. The quantitative estimate of drug-likeness (QED) is 0.855. The van der Waals surface area contributed by atoms with Crippen LogP contribution < -0.4 is 10.2 Å². The number of hydrogen-bond donors (Lipinski definition) is 2. The highest BCUT2D eigenvalue weighted by atomic mass is 35.5. The molecule has 0 bridgehead atoms. The molecule has 7 heteroatoms. The van der Waals surface area contributed by atoms with Crippen LogP contribution in [0.2, 0.25) is 5.02 Å². The van der Waals surface area contributed by atoms with E-state index in [0.717, 1.165) is 25.9 Å². The zero-order valence-corrected chi connectivity index (χ0v) is 12.2. The van der Waals surface area contributed by atoms with E-state index in [2.05, 4.69) is 15.3 Å². The van der Waals surface area contributed by atoms with Crippen molar-refractivity contribution in [2.75, 3.05) is 24.6 Å². The van der Waals surface area contributed by atoms with Crippen LogP contribution in [0.4, 0.5) is 5.95 Å². The van der Waals surface area contributed by atoms with Crippen LogP contribution in [-0.4, -0.2) is 46.7 Å². The summed E-state index contributed by atoms with van der Waals surface area (Å²) in [6, 6.07) is -0.131. The van der Waals surface area contributed by atoms with Crippen LogP contribution in [0.15, 0.2) is 6.20 Å². The molecular weight excluding hydrogens is 280 g/mol. The van der Waals surface area contributed by atoms with Gasteiger partial charge in [-0.25, -0.2) is 9.97 Å². The molecule has 0 radical (unpaired) electrons. The molecule has 1 aromatic rings. The summed E-state index contributed by atoms with van der Waals surface area (Å²) in [7, 11) is 0. The van der Waals surface area contributed by atoms with Gasteiger partial charge in [-0.05, 0) is 26.2 Å². The Hall–Kier alpha value is -1.40. The SMILES string of the molecule is CC(CCO)NC(=O)c1nc(N2CCCC2)ncc1Cl. The Bertz CT molecular complexity index is 477. The predicted octanol–water partition coefficient (Wildman–Crippen LogP) is 1.23. The van der Waals surface area contributed by atoms with Gasteiger partial charge in [0.2, 0.25) is 5.95 Å². The van der Waals surface area contributed by atoms with Gasteiger partial charge in [-0.15, -0.1) is 0 Å². The molecule has 1 unspecified atom stereocenters. The van der Waals surface area contributed by atoms with E-state index in [1.54, 1.807) is 0 Å². The summed E-state index contributed by atoms with van der Waals surface area (Å²) in [5.41, 5.74) is 0.188. The number of aliphatic hydroxyl groups excluding tert-OH is 1. The summed E-state index contributed by atoms with van der Waals surface area (Å²) in [5, 5.41) is 11.9. The van der Waals surface area contributed by atoms with Gasteiger partial charge in [0, 0.05) is 25.7 Å². The first-order valence-electron chi connectivity index (χ1n) is 6.81. The highest BCUT2D eigenvalue weighted by Crippen LogP contribution is 2.19. The van der Waals surface area contributed by atoms with Gasteiger partial charge in [0.15, 0.2) is 5.69 Å². The number of anilines is 1. The van der Waals surface area contributed by atoms with Crippen LogP contribution >= 0.6 is 11.6 Å². The summed E-state index contributed by atoms with van der Waals surface area (Å²) >= 11 is 6.00. The van der Waals surface area contributed by atoms with E-state index in [1.165, 1.54) is 6.20 Å². The van der Waals surface area contributed by atoms with E-state index >= 15 is 0 Å². The zero-order chi connectivity index (χ0) is 14.5. The van der Waals surface area contributed by atoms with Crippen molar-refractivity contribution in [1.29, 1.82) is 0 Å². The Kier molecular flexibility index (Phi) is 5.14. The van der Waals surface area contributed by atoms with Gasteiger partial charge in [-0.1, -0.05) is 11.6 Å². The molecule has 0 saturated carbocycles. The predicted molar refractivity (Wildman–Crippen MR) is 77.1 cm³/mol. The minimum atomic E-state index is -0.334. The second kappa shape index (κ2) is 6.85. The van der Waals surface area contributed by atoms with Gasteiger partial charge < -0.3 is 15.3 Å². The summed E-state index contributed by atoms with van der Waals surface area (Å²) in [6.45, 7) is 3.66. The Morgan fingerprint density at radius 1 is 1.55 bits per heavy atom. The molecule has 1 saturated heterocycles. The molecule has 1 aromatic heterocycles. The summed E-state index contributed by atoms with van der Waals surface area (Å²) in [5.74, 6) is 0.214. The number of aliphatic hydroxyl groups is 1. The van der Waals surface area contributed by atoms with E-state index in [4.69, 9.17) is 16.7 Å². The molecule has 1 aliphatic rings. The van der Waals surface area contributed by atoms with Crippen LogP contribution in [0.3, 0.4) is 0 Å². The molecule has 0 spiro atoms. The third-order valence-electron chi connectivity index (χ3n) is 3.27. The lowest BCUT2D eigenvalue weighted by molar-refractivity contribution is 0.0929. The molecule has 2 heterocycles. The Labute approximate surface area is 123 Å². The van der Waals surface area contributed by atoms with E-state index in [0.29, 0.717) is 12.4 Å². The average molecular weight is 299 g/mol. The molecule has 2 rings (SSSR count). The van der Waals surface area contributed by atoms with Crippen molar-refractivity contribution >= 4 is 23.5 Å². The van der Waals surface area contributed by atoms with Gasteiger partial charge in [-0.3, -0.25) is 4.79 Å². The number of hydrogen-bond acceptors (Lipinski definition) is 5. The van der Waals surface area contributed by atoms with E-state index < -0.39 is 0 Å². The highest BCUT2D eigenvalue weighted by Gasteiger charge is 2.20. The Morgan fingerprint density at radius 3 is 2.90 bits per heavy atom.